The Morgan fingerprint density at radius 2 is 1.96 bits per heavy atom. The van der Waals surface area contributed by atoms with Crippen molar-refractivity contribution in [3.63, 3.8) is 0 Å². The van der Waals surface area contributed by atoms with Crippen LogP contribution in [0.4, 0.5) is 0 Å². The van der Waals surface area contributed by atoms with Crippen LogP contribution in [0.5, 0.6) is 0 Å². The molecule has 0 aromatic heterocycles. The standard InChI is InChI=1S/C21H32O4/c1-19(2)9-5-10-20(3)15(19)8-11-21(13-22)16(20)7-6-14(12-17(21)23)18(24)25-4/h6,15-16,22H,5,7-13H2,1-4H3. The second-order valence-electron chi connectivity index (χ2n) is 9.36. The molecule has 0 aromatic carbocycles. The normalized spacial score (nSPS) is 40.4. The highest BCUT2D eigenvalue weighted by molar-refractivity contribution is 5.98. The van der Waals surface area contributed by atoms with Crippen LogP contribution in [0.3, 0.4) is 0 Å². The fourth-order valence-electron chi connectivity index (χ4n) is 6.58. The Bertz CT molecular complexity index is 605. The Labute approximate surface area is 151 Å². The second-order valence-corrected chi connectivity index (χ2v) is 9.36. The summed E-state index contributed by atoms with van der Waals surface area (Å²) in [6, 6.07) is 0. The Kier molecular flexibility index (Phi) is 4.64. The maximum Gasteiger partial charge on any atom is 0.333 e. The lowest BCUT2D eigenvalue weighted by Crippen LogP contribution is -2.58. The van der Waals surface area contributed by atoms with E-state index >= 15 is 0 Å². The molecule has 0 radical (unpaired) electrons. The van der Waals surface area contributed by atoms with Crippen LogP contribution >= 0.6 is 0 Å². The fourth-order valence-corrected chi connectivity index (χ4v) is 6.58. The highest BCUT2D eigenvalue weighted by atomic mass is 16.5. The zero-order chi connectivity index (χ0) is 18.5. The van der Waals surface area contributed by atoms with Crippen LogP contribution in [-0.2, 0) is 14.3 Å². The van der Waals surface area contributed by atoms with E-state index in [0.29, 0.717) is 17.9 Å². The van der Waals surface area contributed by atoms with E-state index < -0.39 is 11.4 Å². The van der Waals surface area contributed by atoms with Crippen LogP contribution in [0.25, 0.3) is 0 Å². The molecule has 3 rings (SSSR count). The molecule has 2 saturated carbocycles. The number of ketones is 1. The highest BCUT2D eigenvalue weighted by Gasteiger charge is 2.61. The first kappa shape index (κ1) is 18.6. The van der Waals surface area contributed by atoms with Gasteiger partial charge in [0.2, 0.25) is 0 Å². The molecule has 4 heteroatoms. The first-order chi connectivity index (χ1) is 11.7. The number of Topliss-reactive ketones (excluding diaryl/α,β-unsaturated/α-hetero) is 1. The van der Waals surface area contributed by atoms with Crippen LogP contribution in [0.15, 0.2) is 11.6 Å². The molecule has 140 valence electrons. The molecule has 4 atom stereocenters. The smallest absolute Gasteiger partial charge is 0.333 e. The summed E-state index contributed by atoms with van der Waals surface area (Å²) in [6.45, 7) is 6.93. The van der Waals surface area contributed by atoms with E-state index in [9.17, 15) is 14.7 Å². The van der Waals surface area contributed by atoms with Gasteiger partial charge in [-0.2, -0.15) is 0 Å². The maximum absolute atomic E-state index is 13.2. The number of carbonyl (C=O) groups excluding carboxylic acids is 2. The van der Waals surface area contributed by atoms with Gasteiger partial charge in [-0.15, -0.1) is 0 Å². The van der Waals surface area contributed by atoms with Gasteiger partial charge in [-0.1, -0.05) is 33.3 Å². The quantitative estimate of drug-likeness (QED) is 0.773. The van der Waals surface area contributed by atoms with E-state index in [1.54, 1.807) is 0 Å². The molecule has 3 aliphatic carbocycles. The number of hydrogen-bond donors (Lipinski definition) is 1. The summed E-state index contributed by atoms with van der Waals surface area (Å²) in [6.07, 6.45) is 7.90. The monoisotopic (exact) mass is 348 g/mol. The van der Waals surface area contributed by atoms with Crippen LogP contribution in [-0.4, -0.2) is 30.6 Å². The number of aliphatic hydroxyl groups is 1. The van der Waals surface area contributed by atoms with E-state index in [1.165, 1.54) is 20.0 Å². The van der Waals surface area contributed by atoms with E-state index in [0.717, 1.165) is 19.3 Å². The lowest BCUT2D eigenvalue weighted by Gasteiger charge is -2.62. The third-order valence-electron chi connectivity index (χ3n) is 7.85. The first-order valence-electron chi connectivity index (χ1n) is 9.63. The molecule has 4 unspecified atom stereocenters. The van der Waals surface area contributed by atoms with E-state index in [4.69, 9.17) is 4.74 Å². The van der Waals surface area contributed by atoms with E-state index in [1.807, 2.05) is 6.08 Å². The molecule has 25 heavy (non-hydrogen) atoms. The van der Waals surface area contributed by atoms with Gasteiger partial charge in [-0.3, -0.25) is 4.79 Å². The molecule has 3 aliphatic rings. The summed E-state index contributed by atoms with van der Waals surface area (Å²) >= 11 is 0. The van der Waals surface area contributed by atoms with Crippen molar-refractivity contribution in [2.75, 3.05) is 13.7 Å². The summed E-state index contributed by atoms with van der Waals surface area (Å²) < 4.78 is 4.86. The molecule has 0 saturated heterocycles. The average Bonchev–Trinajstić information content (AvgIpc) is 2.71. The molecule has 0 heterocycles. The zero-order valence-corrected chi connectivity index (χ0v) is 16.1. The zero-order valence-electron chi connectivity index (χ0n) is 16.1. The number of hydrogen-bond acceptors (Lipinski definition) is 4. The number of allylic oxidation sites excluding steroid dienone is 1. The number of carbonyl (C=O) groups is 2. The summed E-state index contributed by atoms with van der Waals surface area (Å²) in [4.78, 5) is 25.2. The van der Waals surface area contributed by atoms with E-state index in [2.05, 4.69) is 20.8 Å². The Balaban J connectivity index is 2.06. The predicted molar refractivity (Wildman–Crippen MR) is 95.8 cm³/mol. The van der Waals surface area contributed by atoms with Gasteiger partial charge in [-0.25, -0.2) is 4.79 Å². The van der Waals surface area contributed by atoms with Crippen molar-refractivity contribution in [2.24, 2.45) is 28.1 Å². The first-order valence-corrected chi connectivity index (χ1v) is 9.63. The van der Waals surface area contributed by atoms with Gasteiger partial charge in [-0.05, 0) is 54.8 Å². The van der Waals surface area contributed by atoms with Crippen molar-refractivity contribution in [1.29, 1.82) is 0 Å². The predicted octanol–water partition coefficient (Wildman–Crippen LogP) is 3.67. The molecule has 0 amide bonds. The molecule has 0 aliphatic heterocycles. The van der Waals surface area contributed by atoms with Crippen molar-refractivity contribution in [1.82, 2.24) is 0 Å². The molecule has 1 N–H and O–H groups in total. The summed E-state index contributed by atoms with van der Waals surface area (Å²) in [7, 11) is 1.36. The number of aliphatic hydroxyl groups excluding tert-OH is 1. The largest absolute Gasteiger partial charge is 0.466 e. The van der Waals surface area contributed by atoms with Gasteiger partial charge < -0.3 is 9.84 Å². The summed E-state index contributed by atoms with van der Waals surface area (Å²) in [5, 5.41) is 10.3. The van der Waals surface area contributed by atoms with Crippen molar-refractivity contribution < 1.29 is 19.4 Å². The van der Waals surface area contributed by atoms with Gasteiger partial charge >= 0.3 is 5.97 Å². The van der Waals surface area contributed by atoms with Crippen LogP contribution < -0.4 is 0 Å². The summed E-state index contributed by atoms with van der Waals surface area (Å²) in [5.41, 5.74) is 0.0505. The lowest BCUT2D eigenvalue weighted by atomic mass is 9.42. The van der Waals surface area contributed by atoms with Crippen molar-refractivity contribution >= 4 is 11.8 Å². The molecule has 2 fully saturated rings. The SMILES string of the molecule is COC(=O)C1=CCC2C(CO)(CCC3C(C)(C)CCCC32C)C(=O)C1. The van der Waals surface area contributed by atoms with Gasteiger partial charge in [0.15, 0.2) is 0 Å². The fraction of sp³-hybridized carbons (Fsp3) is 0.810. The minimum Gasteiger partial charge on any atom is -0.466 e. The van der Waals surface area contributed by atoms with Crippen molar-refractivity contribution in [2.45, 2.75) is 65.7 Å². The third-order valence-corrected chi connectivity index (χ3v) is 7.85. The minimum atomic E-state index is -0.703. The van der Waals surface area contributed by atoms with Gasteiger partial charge in [0.25, 0.3) is 0 Å². The molecule has 0 spiro atoms. The van der Waals surface area contributed by atoms with Crippen LogP contribution in [0, 0.1) is 28.1 Å². The Morgan fingerprint density at radius 3 is 2.60 bits per heavy atom. The number of fused-ring (bicyclic) bond motifs is 3. The average molecular weight is 348 g/mol. The second kappa shape index (κ2) is 6.22. The number of methoxy groups -OCH3 is 1. The molecular weight excluding hydrogens is 316 g/mol. The highest BCUT2D eigenvalue weighted by Crippen LogP contribution is 2.65. The van der Waals surface area contributed by atoms with Crippen molar-refractivity contribution in [3.8, 4) is 0 Å². The third kappa shape index (κ3) is 2.68. The molecule has 0 aromatic rings. The Morgan fingerprint density at radius 1 is 1.24 bits per heavy atom. The Hall–Kier alpha value is -1.16. The molecular formula is C21H32O4. The number of rotatable bonds is 2. The van der Waals surface area contributed by atoms with Crippen molar-refractivity contribution in [3.05, 3.63) is 11.6 Å². The van der Waals surface area contributed by atoms with E-state index in [-0.39, 0.29) is 35.6 Å². The van der Waals surface area contributed by atoms with Gasteiger partial charge in [0.1, 0.15) is 5.78 Å². The number of ether oxygens (including phenoxy) is 1. The lowest BCUT2D eigenvalue weighted by molar-refractivity contribution is -0.166. The van der Waals surface area contributed by atoms with Gasteiger partial charge in [0.05, 0.1) is 19.1 Å². The minimum absolute atomic E-state index is 0.0252. The van der Waals surface area contributed by atoms with Gasteiger partial charge in [0, 0.05) is 12.0 Å². The molecule has 4 nitrogen and oxygen atoms in total. The topological polar surface area (TPSA) is 63.6 Å². The maximum atomic E-state index is 13.2. The summed E-state index contributed by atoms with van der Waals surface area (Å²) in [5.74, 6) is 0.264. The van der Waals surface area contributed by atoms with Crippen LogP contribution in [0.1, 0.15) is 65.7 Å². The molecule has 0 bridgehead atoms. The number of esters is 1. The van der Waals surface area contributed by atoms with Crippen LogP contribution in [0.2, 0.25) is 0 Å².